The van der Waals surface area contributed by atoms with Crippen LogP contribution in [0.5, 0.6) is 0 Å². The van der Waals surface area contributed by atoms with Crippen LogP contribution in [0.1, 0.15) is 47.5 Å². The van der Waals surface area contributed by atoms with Gasteiger partial charge in [0.15, 0.2) is 6.61 Å². The Morgan fingerprint density at radius 3 is 1.75 bits per heavy atom. The Morgan fingerprint density at radius 2 is 1.39 bits per heavy atom. The SMILES string of the molecule is CC(O)CC(C)(C)CC(C)(C)OC(=O)COC(=O)C(O)(C(F)(F)F)C(F)(F)F. The molecule has 0 saturated carbocycles. The molecule has 166 valence electrons. The minimum absolute atomic E-state index is 0.180. The summed E-state index contributed by atoms with van der Waals surface area (Å²) >= 11 is 0. The quantitative estimate of drug-likeness (QED) is 0.458. The number of carbonyl (C=O) groups excluding carboxylic acids is 2. The number of hydrogen-bond donors (Lipinski definition) is 2. The van der Waals surface area contributed by atoms with E-state index in [4.69, 9.17) is 9.84 Å². The van der Waals surface area contributed by atoms with Crippen molar-refractivity contribution in [1.29, 1.82) is 0 Å². The van der Waals surface area contributed by atoms with Crippen molar-refractivity contribution in [1.82, 2.24) is 0 Å². The zero-order valence-corrected chi connectivity index (χ0v) is 16.0. The minimum Gasteiger partial charge on any atom is -0.457 e. The average molecular weight is 426 g/mol. The van der Waals surface area contributed by atoms with Crippen LogP contribution in [-0.2, 0) is 19.1 Å². The first-order chi connectivity index (χ1) is 12.1. The summed E-state index contributed by atoms with van der Waals surface area (Å²) in [6, 6.07) is 0. The van der Waals surface area contributed by atoms with Crippen LogP contribution in [-0.4, -0.2) is 58.4 Å². The van der Waals surface area contributed by atoms with E-state index in [0.717, 1.165) is 0 Å². The highest BCUT2D eigenvalue weighted by Crippen LogP contribution is 2.43. The van der Waals surface area contributed by atoms with Crippen LogP contribution in [0.3, 0.4) is 0 Å². The van der Waals surface area contributed by atoms with E-state index < -0.39 is 53.6 Å². The maximum Gasteiger partial charge on any atom is 0.437 e. The van der Waals surface area contributed by atoms with Gasteiger partial charge in [0.25, 0.3) is 0 Å². The molecule has 0 spiro atoms. The van der Waals surface area contributed by atoms with Crippen molar-refractivity contribution in [2.75, 3.05) is 6.61 Å². The Bertz CT molecular complexity index is 551. The largest absolute Gasteiger partial charge is 0.457 e. The molecule has 0 aliphatic rings. The Hall–Kier alpha value is -1.56. The fourth-order valence-corrected chi connectivity index (χ4v) is 3.02. The average Bonchev–Trinajstić information content (AvgIpc) is 2.37. The van der Waals surface area contributed by atoms with Crippen molar-refractivity contribution >= 4 is 11.9 Å². The third-order valence-corrected chi connectivity index (χ3v) is 3.58. The van der Waals surface area contributed by atoms with Crippen LogP contribution in [0, 0.1) is 5.41 Å². The van der Waals surface area contributed by atoms with Crippen LogP contribution < -0.4 is 0 Å². The predicted molar refractivity (Wildman–Crippen MR) is 82.9 cm³/mol. The van der Waals surface area contributed by atoms with Gasteiger partial charge in [0.05, 0.1) is 6.10 Å². The van der Waals surface area contributed by atoms with E-state index in [9.17, 15) is 41.0 Å². The van der Waals surface area contributed by atoms with Gasteiger partial charge >= 0.3 is 29.9 Å². The predicted octanol–water partition coefficient (Wildman–Crippen LogP) is 2.89. The van der Waals surface area contributed by atoms with E-state index in [-0.39, 0.29) is 6.42 Å². The molecule has 1 atom stereocenters. The molecule has 12 heteroatoms. The van der Waals surface area contributed by atoms with Crippen molar-refractivity contribution in [3.63, 3.8) is 0 Å². The van der Waals surface area contributed by atoms with Crippen molar-refractivity contribution in [2.24, 2.45) is 5.41 Å². The molecule has 0 aromatic heterocycles. The molecule has 1 unspecified atom stereocenters. The molecule has 6 nitrogen and oxygen atoms in total. The highest BCUT2D eigenvalue weighted by atomic mass is 19.4. The fourth-order valence-electron chi connectivity index (χ4n) is 3.02. The van der Waals surface area contributed by atoms with Crippen LogP contribution in [0.15, 0.2) is 0 Å². The molecule has 0 amide bonds. The molecule has 0 saturated heterocycles. The first kappa shape index (κ1) is 26.4. The number of ether oxygens (including phenoxy) is 2. The van der Waals surface area contributed by atoms with E-state index in [1.807, 2.05) is 0 Å². The standard InChI is InChI=1S/C16H24F6O6/c1-9(23)6-12(2,3)8-13(4,5)28-10(24)7-27-11(25)14(26,15(17,18)19)16(20,21)22/h9,23,26H,6-8H2,1-5H3. The van der Waals surface area contributed by atoms with Gasteiger partial charge in [-0.05, 0) is 39.0 Å². The van der Waals surface area contributed by atoms with Gasteiger partial charge in [0.2, 0.25) is 0 Å². The molecule has 0 aromatic rings. The maximum atomic E-state index is 12.5. The number of aliphatic hydroxyl groups is 2. The smallest absolute Gasteiger partial charge is 0.437 e. The van der Waals surface area contributed by atoms with Crippen LogP contribution >= 0.6 is 0 Å². The van der Waals surface area contributed by atoms with Crippen molar-refractivity contribution in [3.8, 4) is 0 Å². The fraction of sp³-hybridized carbons (Fsp3) is 0.875. The molecule has 0 heterocycles. The Labute approximate surface area is 157 Å². The van der Waals surface area contributed by atoms with E-state index in [1.165, 1.54) is 13.8 Å². The van der Waals surface area contributed by atoms with Crippen molar-refractivity contribution < 1.29 is 55.6 Å². The lowest BCUT2D eigenvalue weighted by Crippen LogP contribution is -2.63. The molecule has 28 heavy (non-hydrogen) atoms. The van der Waals surface area contributed by atoms with Crippen LogP contribution in [0.25, 0.3) is 0 Å². The number of rotatable bonds is 8. The topological polar surface area (TPSA) is 93.1 Å². The Balaban J connectivity index is 5.04. The van der Waals surface area contributed by atoms with Crippen LogP contribution in [0.2, 0.25) is 0 Å². The number of esters is 2. The van der Waals surface area contributed by atoms with Gasteiger partial charge in [-0.15, -0.1) is 0 Å². The van der Waals surface area contributed by atoms with Gasteiger partial charge in [-0.1, -0.05) is 13.8 Å². The van der Waals surface area contributed by atoms with Crippen molar-refractivity contribution in [2.45, 2.75) is 77.1 Å². The lowest BCUT2D eigenvalue weighted by molar-refractivity contribution is -0.356. The molecular formula is C16H24F6O6. The normalized spacial score (nSPS) is 15.2. The molecule has 0 rings (SSSR count). The molecular weight excluding hydrogens is 402 g/mol. The Kier molecular flexibility index (Phi) is 7.97. The zero-order valence-electron chi connectivity index (χ0n) is 16.0. The lowest BCUT2D eigenvalue weighted by Gasteiger charge is -2.35. The molecule has 0 radical (unpaired) electrons. The van der Waals surface area contributed by atoms with Crippen molar-refractivity contribution in [3.05, 3.63) is 0 Å². The summed E-state index contributed by atoms with van der Waals surface area (Å²) in [5, 5.41) is 18.3. The highest BCUT2D eigenvalue weighted by Gasteiger charge is 2.76. The second-order valence-corrected chi connectivity index (χ2v) is 7.91. The lowest BCUT2D eigenvalue weighted by atomic mass is 9.78. The number of hydrogen-bond acceptors (Lipinski definition) is 6. The van der Waals surface area contributed by atoms with Gasteiger partial charge in [0, 0.05) is 0 Å². The van der Waals surface area contributed by atoms with E-state index in [0.29, 0.717) is 6.42 Å². The molecule has 0 fully saturated rings. The molecule has 0 bridgehead atoms. The van der Waals surface area contributed by atoms with Gasteiger partial charge < -0.3 is 19.7 Å². The third-order valence-electron chi connectivity index (χ3n) is 3.58. The monoisotopic (exact) mass is 426 g/mol. The molecule has 2 N–H and O–H groups in total. The van der Waals surface area contributed by atoms with Gasteiger partial charge in [-0.25, -0.2) is 9.59 Å². The second-order valence-electron chi connectivity index (χ2n) is 7.91. The summed E-state index contributed by atoms with van der Waals surface area (Å²) in [5.74, 6) is -4.49. The Morgan fingerprint density at radius 1 is 0.964 bits per heavy atom. The summed E-state index contributed by atoms with van der Waals surface area (Å²) in [6.07, 6.45) is -13.0. The molecule has 0 aromatic carbocycles. The maximum absolute atomic E-state index is 12.5. The summed E-state index contributed by atoms with van der Waals surface area (Å²) in [6.45, 7) is 6.34. The molecule has 0 aliphatic carbocycles. The van der Waals surface area contributed by atoms with E-state index in [2.05, 4.69) is 4.74 Å². The number of aliphatic hydroxyl groups excluding tert-OH is 1. The van der Waals surface area contributed by atoms with E-state index in [1.54, 1.807) is 20.8 Å². The summed E-state index contributed by atoms with van der Waals surface area (Å²) in [7, 11) is 0. The number of carbonyl (C=O) groups is 2. The molecule has 0 aliphatic heterocycles. The second kappa shape index (κ2) is 8.44. The third kappa shape index (κ3) is 7.12. The van der Waals surface area contributed by atoms with E-state index >= 15 is 0 Å². The summed E-state index contributed by atoms with van der Waals surface area (Å²) in [5.41, 5.74) is -7.53. The first-order valence-electron chi connectivity index (χ1n) is 8.07. The van der Waals surface area contributed by atoms with Gasteiger partial charge in [-0.3, -0.25) is 0 Å². The highest BCUT2D eigenvalue weighted by molar-refractivity contribution is 5.84. The minimum atomic E-state index is -6.41. The zero-order chi connectivity index (χ0) is 22.8. The van der Waals surface area contributed by atoms with Crippen LogP contribution in [0.4, 0.5) is 26.3 Å². The summed E-state index contributed by atoms with van der Waals surface area (Å²) < 4.78 is 83.8. The number of alkyl halides is 6. The number of halogens is 6. The first-order valence-corrected chi connectivity index (χ1v) is 8.07. The van der Waals surface area contributed by atoms with Gasteiger partial charge in [0.1, 0.15) is 5.60 Å². The van der Waals surface area contributed by atoms with Gasteiger partial charge in [-0.2, -0.15) is 26.3 Å². The summed E-state index contributed by atoms with van der Waals surface area (Å²) in [4.78, 5) is 22.9.